The zero-order valence-electron chi connectivity index (χ0n) is 17.0. The molecule has 2 aliphatic rings. The van der Waals surface area contributed by atoms with E-state index in [2.05, 4.69) is 47.0 Å². The summed E-state index contributed by atoms with van der Waals surface area (Å²) in [6.45, 7) is 4.00. The number of carbonyl (C=O) groups is 1. The molecule has 0 aromatic heterocycles. The lowest BCUT2D eigenvalue weighted by molar-refractivity contribution is 0.204. The molecule has 154 valence electrons. The SMILES string of the molecule is O=C(Nc1ccc(CCCCOc2cccc(C3CC3)c2)cc1)N1CCNCC1. The summed E-state index contributed by atoms with van der Waals surface area (Å²) in [5, 5.41) is 6.25. The van der Waals surface area contributed by atoms with Crippen molar-refractivity contribution in [1.82, 2.24) is 10.2 Å². The first-order valence-corrected chi connectivity index (χ1v) is 10.9. The molecule has 1 saturated heterocycles. The van der Waals surface area contributed by atoms with Crippen LogP contribution in [0.15, 0.2) is 48.5 Å². The lowest BCUT2D eigenvalue weighted by Gasteiger charge is -2.27. The number of nitrogens with zero attached hydrogens (tertiary/aromatic N) is 1. The van der Waals surface area contributed by atoms with Crippen molar-refractivity contribution in [2.45, 2.75) is 38.0 Å². The molecule has 0 radical (unpaired) electrons. The van der Waals surface area contributed by atoms with Crippen LogP contribution >= 0.6 is 0 Å². The largest absolute Gasteiger partial charge is 0.494 e. The zero-order valence-corrected chi connectivity index (χ0v) is 17.0. The van der Waals surface area contributed by atoms with Crippen molar-refractivity contribution >= 4 is 11.7 Å². The van der Waals surface area contributed by atoms with E-state index in [9.17, 15) is 4.79 Å². The standard InChI is InChI=1S/C24H31N3O2/c28-24(27-15-13-25-14-16-27)26-22-11-7-19(8-12-22)4-1-2-17-29-23-6-3-5-21(18-23)20-9-10-20/h3,5-8,11-12,18,20,25H,1-2,4,9-10,13-17H2,(H,26,28). The van der Waals surface area contributed by atoms with Gasteiger partial charge in [-0.1, -0.05) is 24.3 Å². The molecule has 2 aromatic rings. The summed E-state index contributed by atoms with van der Waals surface area (Å²) in [6, 6.07) is 16.8. The molecule has 5 nitrogen and oxygen atoms in total. The zero-order chi connectivity index (χ0) is 19.9. The summed E-state index contributed by atoms with van der Waals surface area (Å²) in [5.41, 5.74) is 3.57. The summed E-state index contributed by atoms with van der Waals surface area (Å²) in [6.07, 6.45) is 5.80. The number of carbonyl (C=O) groups excluding carboxylic acids is 1. The average molecular weight is 394 g/mol. The predicted octanol–water partition coefficient (Wildman–Crippen LogP) is 4.40. The van der Waals surface area contributed by atoms with E-state index in [1.807, 2.05) is 17.0 Å². The van der Waals surface area contributed by atoms with Gasteiger partial charge in [-0.2, -0.15) is 0 Å². The van der Waals surface area contributed by atoms with Crippen LogP contribution < -0.4 is 15.4 Å². The Morgan fingerprint density at radius 1 is 1.07 bits per heavy atom. The summed E-state index contributed by atoms with van der Waals surface area (Å²) < 4.78 is 5.93. The Hall–Kier alpha value is -2.53. The topological polar surface area (TPSA) is 53.6 Å². The monoisotopic (exact) mass is 393 g/mol. The first kappa shape index (κ1) is 19.8. The number of amides is 2. The van der Waals surface area contributed by atoms with Crippen molar-refractivity contribution < 1.29 is 9.53 Å². The lowest BCUT2D eigenvalue weighted by Crippen LogP contribution is -2.48. The number of unbranched alkanes of at least 4 members (excludes halogenated alkanes) is 1. The van der Waals surface area contributed by atoms with Crippen molar-refractivity contribution in [3.63, 3.8) is 0 Å². The highest BCUT2D eigenvalue weighted by molar-refractivity contribution is 5.89. The first-order valence-electron chi connectivity index (χ1n) is 10.9. The second kappa shape index (κ2) is 9.79. The van der Waals surface area contributed by atoms with Gasteiger partial charge in [0.15, 0.2) is 0 Å². The van der Waals surface area contributed by atoms with Crippen LogP contribution in [0.4, 0.5) is 10.5 Å². The molecule has 1 aliphatic heterocycles. The van der Waals surface area contributed by atoms with Gasteiger partial charge in [-0.15, -0.1) is 0 Å². The minimum atomic E-state index is -0.0119. The van der Waals surface area contributed by atoms with E-state index in [-0.39, 0.29) is 6.03 Å². The molecule has 2 aromatic carbocycles. The van der Waals surface area contributed by atoms with E-state index < -0.39 is 0 Å². The van der Waals surface area contributed by atoms with Gasteiger partial charge in [-0.3, -0.25) is 0 Å². The number of rotatable bonds is 8. The maximum atomic E-state index is 12.2. The fourth-order valence-electron chi connectivity index (χ4n) is 3.72. The van der Waals surface area contributed by atoms with Gasteiger partial charge in [0, 0.05) is 31.9 Å². The number of ether oxygens (including phenoxy) is 1. The van der Waals surface area contributed by atoms with Crippen LogP contribution in [0.5, 0.6) is 5.75 Å². The molecule has 1 aliphatic carbocycles. The molecule has 1 saturated carbocycles. The Balaban J connectivity index is 1.15. The average Bonchev–Trinajstić information content (AvgIpc) is 3.61. The highest BCUT2D eigenvalue weighted by atomic mass is 16.5. The quantitative estimate of drug-likeness (QED) is 0.654. The van der Waals surface area contributed by atoms with Gasteiger partial charge in [0.05, 0.1) is 6.61 Å². The predicted molar refractivity (Wildman–Crippen MR) is 117 cm³/mol. The van der Waals surface area contributed by atoms with E-state index in [4.69, 9.17) is 4.74 Å². The molecule has 0 unspecified atom stereocenters. The van der Waals surface area contributed by atoms with Gasteiger partial charge >= 0.3 is 6.03 Å². The molecule has 0 atom stereocenters. The molecule has 5 heteroatoms. The second-order valence-corrected chi connectivity index (χ2v) is 8.02. The van der Waals surface area contributed by atoms with Gasteiger partial charge < -0.3 is 20.3 Å². The minimum Gasteiger partial charge on any atom is -0.494 e. The highest BCUT2D eigenvalue weighted by Gasteiger charge is 2.23. The van der Waals surface area contributed by atoms with Crippen LogP contribution in [0.25, 0.3) is 0 Å². The van der Waals surface area contributed by atoms with Crippen LogP contribution in [-0.4, -0.2) is 43.7 Å². The number of hydrogen-bond donors (Lipinski definition) is 2. The Morgan fingerprint density at radius 3 is 2.62 bits per heavy atom. The van der Waals surface area contributed by atoms with Crippen LogP contribution in [-0.2, 0) is 6.42 Å². The van der Waals surface area contributed by atoms with Gasteiger partial charge in [-0.05, 0) is 73.4 Å². The van der Waals surface area contributed by atoms with Crippen LogP contribution in [0.1, 0.15) is 42.7 Å². The fourth-order valence-corrected chi connectivity index (χ4v) is 3.72. The van der Waals surface area contributed by atoms with Crippen molar-refractivity contribution in [3.8, 4) is 5.75 Å². The molecular formula is C24H31N3O2. The third-order valence-corrected chi connectivity index (χ3v) is 5.64. The van der Waals surface area contributed by atoms with Crippen molar-refractivity contribution in [2.24, 2.45) is 0 Å². The molecule has 29 heavy (non-hydrogen) atoms. The summed E-state index contributed by atoms with van der Waals surface area (Å²) in [5.74, 6) is 1.77. The number of hydrogen-bond acceptors (Lipinski definition) is 3. The van der Waals surface area contributed by atoms with E-state index in [1.165, 1.54) is 24.0 Å². The second-order valence-electron chi connectivity index (χ2n) is 8.02. The molecule has 0 spiro atoms. The maximum absolute atomic E-state index is 12.2. The van der Waals surface area contributed by atoms with Crippen molar-refractivity contribution in [3.05, 3.63) is 59.7 Å². The molecule has 2 N–H and O–H groups in total. The fraction of sp³-hybridized carbons (Fsp3) is 0.458. The van der Waals surface area contributed by atoms with Crippen LogP contribution in [0.3, 0.4) is 0 Å². The molecule has 4 rings (SSSR count). The van der Waals surface area contributed by atoms with Gasteiger partial charge in [0.1, 0.15) is 5.75 Å². The number of nitrogens with one attached hydrogen (secondary N) is 2. The third kappa shape index (κ3) is 5.97. The maximum Gasteiger partial charge on any atom is 0.321 e. The minimum absolute atomic E-state index is 0.0119. The smallest absolute Gasteiger partial charge is 0.321 e. The van der Waals surface area contributed by atoms with Gasteiger partial charge in [0.25, 0.3) is 0 Å². The summed E-state index contributed by atoms with van der Waals surface area (Å²) >= 11 is 0. The third-order valence-electron chi connectivity index (χ3n) is 5.64. The van der Waals surface area contributed by atoms with Crippen LogP contribution in [0, 0.1) is 0 Å². The number of anilines is 1. The van der Waals surface area contributed by atoms with Gasteiger partial charge in [-0.25, -0.2) is 4.79 Å². The molecular weight excluding hydrogens is 362 g/mol. The number of benzene rings is 2. The molecule has 1 heterocycles. The van der Waals surface area contributed by atoms with Crippen molar-refractivity contribution in [1.29, 1.82) is 0 Å². The lowest BCUT2D eigenvalue weighted by atomic mass is 10.1. The molecule has 0 bridgehead atoms. The summed E-state index contributed by atoms with van der Waals surface area (Å²) in [4.78, 5) is 14.1. The van der Waals surface area contributed by atoms with Gasteiger partial charge in [0.2, 0.25) is 0 Å². The number of urea groups is 1. The van der Waals surface area contributed by atoms with E-state index in [0.717, 1.165) is 69.4 Å². The van der Waals surface area contributed by atoms with Crippen LogP contribution in [0.2, 0.25) is 0 Å². The normalized spacial score (nSPS) is 16.5. The Labute approximate surface area is 173 Å². The molecule has 2 fully saturated rings. The summed E-state index contributed by atoms with van der Waals surface area (Å²) in [7, 11) is 0. The van der Waals surface area contributed by atoms with Crippen molar-refractivity contribution in [2.75, 3.05) is 38.1 Å². The Bertz CT molecular complexity index is 796. The van der Waals surface area contributed by atoms with E-state index >= 15 is 0 Å². The van der Waals surface area contributed by atoms with E-state index in [1.54, 1.807) is 0 Å². The van der Waals surface area contributed by atoms with E-state index in [0.29, 0.717) is 0 Å². The Morgan fingerprint density at radius 2 is 1.86 bits per heavy atom. The number of aryl methyl sites for hydroxylation is 1. The number of piperazine rings is 1. The highest BCUT2D eigenvalue weighted by Crippen LogP contribution is 2.40. The molecule has 2 amide bonds. The first-order chi connectivity index (χ1) is 14.3. The Kier molecular flexibility index (Phi) is 6.67.